The minimum atomic E-state index is 0.565. The standard InChI is InChI=1S/C13H10Br2IN3/c14-8-4-3-7(5-9(8)15)13-18-11(6-1-2-6)10(16)12(17)19-13/h3-6H,1-2H2,(H2,17,18,19). The van der Waals surface area contributed by atoms with Gasteiger partial charge in [0.05, 0.1) is 9.26 Å². The van der Waals surface area contributed by atoms with Gasteiger partial charge in [-0.3, -0.25) is 0 Å². The van der Waals surface area contributed by atoms with Crippen LogP contribution >= 0.6 is 54.5 Å². The number of rotatable bonds is 2. The van der Waals surface area contributed by atoms with Crippen molar-refractivity contribution in [2.24, 2.45) is 0 Å². The number of nitrogens with two attached hydrogens (primary N) is 1. The molecule has 0 saturated heterocycles. The van der Waals surface area contributed by atoms with Crippen molar-refractivity contribution in [3.8, 4) is 11.4 Å². The van der Waals surface area contributed by atoms with E-state index in [0.717, 1.165) is 23.8 Å². The molecule has 0 amide bonds. The highest BCUT2D eigenvalue weighted by atomic mass is 127. The molecule has 1 aromatic carbocycles. The molecule has 1 aliphatic carbocycles. The topological polar surface area (TPSA) is 51.8 Å². The summed E-state index contributed by atoms with van der Waals surface area (Å²) < 4.78 is 3.00. The molecule has 1 fully saturated rings. The lowest BCUT2D eigenvalue weighted by atomic mass is 10.2. The predicted molar refractivity (Wildman–Crippen MR) is 92.0 cm³/mol. The molecular formula is C13H10Br2IN3. The first-order valence-electron chi connectivity index (χ1n) is 5.84. The molecular weight excluding hydrogens is 485 g/mol. The first-order chi connectivity index (χ1) is 9.06. The highest BCUT2D eigenvalue weighted by Crippen LogP contribution is 2.42. The summed E-state index contributed by atoms with van der Waals surface area (Å²) in [7, 11) is 0. The maximum absolute atomic E-state index is 6.01. The molecule has 0 atom stereocenters. The van der Waals surface area contributed by atoms with Crippen molar-refractivity contribution in [2.45, 2.75) is 18.8 Å². The number of benzene rings is 1. The SMILES string of the molecule is Nc1nc(-c2ccc(Br)c(Br)c2)nc(C2CC2)c1I. The predicted octanol–water partition coefficient (Wildman–Crippen LogP) is 4.73. The van der Waals surface area contributed by atoms with Crippen LogP contribution in [0.3, 0.4) is 0 Å². The van der Waals surface area contributed by atoms with Crippen LogP contribution in [-0.2, 0) is 0 Å². The first-order valence-corrected chi connectivity index (χ1v) is 8.51. The van der Waals surface area contributed by atoms with Gasteiger partial charge in [-0.15, -0.1) is 0 Å². The minimum absolute atomic E-state index is 0.565. The lowest BCUT2D eigenvalue weighted by Gasteiger charge is -2.09. The van der Waals surface area contributed by atoms with Gasteiger partial charge < -0.3 is 5.73 Å². The lowest BCUT2D eigenvalue weighted by molar-refractivity contribution is 0.983. The van der Waals surface area contributed by atoms with Crippen LogP contribution in [-0.4, -0.2) is 9.97 Å². The highest BCUT2D eigenvalue weighted by Gasteiger charge is 2.29. The van der Waals surface area contributed by atoms with Crippen LogP contribution in [0.1, 0.15) is 24.5 Å². The van der Waals surface area contributed by atoms with Gasteiger partial charge in [0.1, 0.15) is 5.82 Å². The van der Waals surface area contributed by atoms with Gasteiger partial charge in [0.15, 0.2) is 5.82 Å². The summed E-state index contributed by atoms with van der Waals surface area (Å²) in [5.74, 6) is 1.84. The van der Waals surface area contributed by atoms with E-state index in [0.29, 0.717) is 17.6 Å². The number of hydrogen-bond donors (Lipinski definition) is 1. The molecule has 2 aromatic rings. The van der Waals surface area contributed by atoms with Crippen molar-refractivity contribution in [3.63, 3.8) is 0 Å². The summed E-state index contributed by atoms with van der Waals surface area (Å²) in [5.41, 5.74) is 8.08. The molecule has 0 aliphatic heterocycles. The number of nitrogen functional groups attached to an aromatic ring is 1. The highest BCUT2D eigenvalue weighted by molar-refractivity contribution is 14.1. The van der Waals surface area contributed by atoms with Gasteiger partial charge in [-0.25, -0.2) is 9.97 Å². The molecule has 3 nitrogen and oxygen atoms in total. The quantitative estimate of drug-likeness (QED) is 0.614. The lowest BCUT2D eigenvalue weighted by Crippen LogP contribution is -2.04. The van der Waals surface area contributed by atoms with Gasteiger partial charge in [0, 0.05) is 20.4 Å². The molecule has 0 unspecified atom stereocenters. The van der Waals surface area contributed by atoms with E-state index in [1.165, 1.54) is 12.8 Å². The number of aromatic nitrogens is 2. The van der Waals surface area contributed by atoms with Gasteiger partial charge in [-0.1, -0.05) is 0 Å². The maximum atomic E-state index is 6.01. The Kier molecular flexibility index (Phi) is 3.83. The Morgan fingerprint density at radius 3 is 2.53 bits per heavy atom. The molecule has 2 N–H and O–H groups in total. The van der Waals surface area contributed by atoms with Gasteiger partial charge in [-0.05, 0) is 85.5 Å². The molecule has 0 bridgehead atoms. The van der Waals surface area contributed by atoms with Crippen LogP contribution in [0.2, 0.25) is 0 Å². The Balaban J connectivity index is 2.11. The second kappa shape index (κ2) is 5.29. The fraction of sp³-hybridized carbons (Fsp3) is 0.231. The van der Waals surface area contributed by atoms with E-state index in [1.807, 2.05) is 18.2 Å². The fourth-order valence-corrected chi connectivity index (χ4v) is 3.18. The molecule has 3 rings (SSSR count). The minimum Gasteiger partial charge on any atom is -0.383 e. The normalized spacial score (nSPS) is 14.7. The molecule has 98 valence electrons. The van der Waals surface area contributed by atoms with E-state index in [1.54, 1.807) is 0 Å². The van der Waals surface area contributed by atoms with Crippen molar-refractivity contribution < 1.29 is 0 Å². The first kappa shape index (κ1) is 13.8. The van der Waals surface area contributed by atoms with Crippen LogP contribution in [0.25, 0.3) is 11.4 Å². The number of anilines is 1. The molecule has 0 spiro atoms. The Morgan fingerprint density at radius 2 is 1.89 bits per heavy atom. The summed E-state index contributed by atoms with van der Waals surface area (Å²) in [6, 6.07) is 5.98. The number of hydrogen-bond acceptors (Lipinski definition) is 3. The average molecular weight is 495 g/mol. The van der Waals surface area contributed by atoms with E-state index in [4.69, 9.17) is 10.7 Å². The fourth-order valence-electron chi connectivity index (χ4n) is 1.87. The van der Waals surface area contributed by atoms with E-state index in [2.05, 4.69) is 59.4 Å². The van der Waals surface area contributed by atoms with E-state index in [9.17, 15) is 0 Å². The van der Waals surface area contributed by atoms with E-state index < -0.39 is 0 Å². The molecule has 6 heteroatoms. The molecule has 1 saturated carbocycles. The smallest absolute Gasteiger partial charge is 0.161 e. The zero-order valence-electron chi connectivity index (χ0n) is 9.83. The Hall–Kier alpha value is -0.210. The van der Waals surface area contributed by atoms with Crippen LogP contribution in [0.4, 0.5) is 5.82 Å². The monoisotopic (exact) mass is 493 g/mol. The van der Waals surface area contributed by atoms with Crippen molar-refractivity contribution in [1.29, 1.82) is 0 Å². The van der Waals surface area contributed by atoms with Crippen molar-refractivity contribution in [2.75, 3.05) is 5.73 Å². The van der Waals surface area contributed by atoms with Crippen molar-refractivity contribution >= 4 is 60.3 Å². The number of halogens is 3. The third kappa shape index (κ3) is 2.80. The van der Waals surface area contributed by atoms with Gasteiger partial charge in [-0.2, -0.15) is 0 Å². The van der Waals surface area contributed by atoms with Crippen LogP contribution in [0.15, 0.2) is 27.1 Å². The van der Waals surface area contributed by atoms with Crippen LogP contribution in [0, 0.1) is 3.57 Å². The van der Waals surface area contributed by atoms with Crippen molar-refractivity contribution in [1.82, 2.24) is 9.97 Å². The second-order valence-corrected chi connectivity index (χ2v) is 7.32. The molecule has 1 heterocycles. The molecule has 0 radical (unpaired) electrons. The maximum Gasteiger partial charge on any atom is 0.161 e. The number of nitrogens with zero attached hydrogens (tertiary/aromatic N) is 2. The zero-order chi connectivity index (χ0) is 13.6. The van der Waals surface area contributed by atoms with E-state index >= 15 is 0 Å². The summed E-state index contributed by atoms with van der Waals surface area (Å²) in [6.45, 7) is 0. The van der Waals surface area contributed by atoms with Gasteiger partial charge in [0.25, 0.3) is 0 Å². The third-order valence-electron chi connectivity index (χ3n) is 3.04. The molecule has 1 aliphatic rings. The summed E-state index contributed by atoms with van der Waals surface area (Å²) in [4.78, 5) is 9.11. The molecule has 1 aromatic heterocycles. The van der Waals surface area contributed by atoms with Crippen LogP contribution < -0.4 is 5.73 Å². The van der Waals surface area contributed by atoms with Gasteiger partial charge in [0.2, 0.25) is 0 Å². The zero-order valence-corrected chi connectivity index (χ0v) is 15.2. The molecule has 19 heavy (non-hydrogen) atoms. The summed E-state index contributed by atoms with van der Waals surface area (Å²) in [6.07, 6.45) is 2.41. The average Bonchev–Trinajstić information content (AvgIpc) is 3.20. The third-order valence-corrected chi connectivity index (χ3v) is 6.03. The van der Waals surface area contributed by atoms with E-state index in [-0.39, 0.29) is 0 Å². The second-order valence-electron chi connectivity index (χ2n) is 4.53. The summed E-state index contributed by atoms with van der Waals surface area (Å²) >= 11 is 9.20. The Bertz CT molecular complexity index is 657. The van der Waals surface area contributed by atoms with Crippen molar-refractivity contribution in [3.05, 3.63) is 36.4 Å². The van der Waals surface area contributed by atoms with Gasteiger partial charge >= 0.3 is 0 Å². The largest absolute Gasteiger partial charge is 0.383 e. The van der Waals surface area contributed by atoms with Crippen LogP contribution in [0.5, 0.6) is 0 Å². The summed E-state index contributed by atoms with van der Waals surface area (Å²) in [5, 5.41) is 0. The Morgan fingerprint density at radius 1 is 1.16 bits per heavy atom. The Labute approximate surface area is 141 Å².